The number of nitrogens with two attached hydrogens (primary N) is 2. The minimum Gasteiger partial charge on any atom is -0.326 e. The van der Waals surface area contributed by atoms with Crippen molar-refractivity contribution in [1.82, 2.24) is 0 Å². The molecular weight excluding hydrogens is 172 g/mol. The van der Waals surface area contributed by atoms with Crippen LogP contribution in [0.2, 0.25) is 5.02 Å². The van der Waals surface area contributed by atoms with E-state index in [4.69, 9.17) is 23.1 Å². The summed E-state index contributed by atoms with van der Waals surface area (Å²) in [6.45, 7) is 2.96. The first-order valence-corrected chi connectivity index (χ1v) is 4.25. The summed E-state index contributed by atoms with van der Waals surface area (Å²) in [6.07, 6.45) is 0. The molecular formula is C9H13ClN2. The Balaban J connectivity index is 3.28. The van der Waals surface area contributed by atoms with Gasteiger partial charge in [0.1, 0.15) is 0 Å². The van der Waals surface area contributed by atoms with E-state index in [9.17, 15) is 0 Å². The predicted molar refractivity (Wildman–Crippen MR) is 52.0 cm³/mol. The molecule has 0 unspecified atom stereocenters. The van der Waals surface area contributed by atoms with Crippen molar-refractivity contribution in [2.75, 3.05) is 0 Å². The van der Waals surface area contributed by atoms with Gasteiger partial charge in [-0.3, -0.25) is 0 Å². The molecule has 0 aliphatic heterocycles. The lowest BCUT2D eigenvalue weighted by molar-refractivity contribution is 0.965. The van der Waals surface area contributed by atoms with Crippen LogP contribution in [-0.4, -0.2) is 0 Å². The zero-order valence-electron chi connectivity index (χ0n) is 7.10. The molecule has 0 aromatic heterocycles. The summed E-state index contributed by atoms with van der Waals surface area (Å²) >= 11 is 5.94. The molecule has 1 aromatic rings. The highest BCUT2D eigenvalue weighted by Gasteiger charge is 2.06. The van der Waals surface area contributed by atoms with Crippen LogP contribution in [0, 0.1) is 6.92 Å². The molecule has 0 aliphatic carbocycles. The SMILES string of the molecule is Cc1ccc(Cl)c(CN)c1CN. The molecule has 3 heteroatoms. The van der Waals surface area contributed by atoms with Gasteiger partial charge in [0.25, 0.3) is 0 Å². The second-order valence-corrected chi connectivity index (χ2v) is 3.14. The Morgan fingerprint density at radius 3 is 2.17 bits per heavy atom. The monoisotopic (exact) mass is 184 g/mol. The average molecular weight is 185 g/mol. The normalized spacial score (nSPS) is 10.3. The Hall–Kier alpha value is -0.570. The first-order chi connectivity index (χ1) is 5.70. The van der Waals surface area contributed by atoms with Gasteiger partial charge in [0.2, 0.25) is 0 Å². The molecule has 0 spiro atoms. The Morgan fingerprint density at radius 2 is 1.75 bits per heavy atom. The second kappa shape index (κ2) is 3.90. The summed E-state index contributed by atoms with van der Waals surface area (Å²) in [7, 11) is 0. The van der Waals surface area contributed by atoms with Gasteiger partial charge in [-0.15, -0.1) is 0 Å². The largest absolute Gasteiger partial charge is 0.326 e. The lowest BCUT2D eigenvalue weighted by atomic mass is 10.0. The second-order valence-electron chi connectivity index (χ2n) is 2.73. The molecule has 1 aromatic carbocycles. The summed E-state index contributed by atoms with van der Waals surface area (Å²) in [5, 5.41) is 0.712. The number of halogens is 1. The van der Waals surface area contributed by atoms with Crippen molar-refractivity contribution in [3.05, 3.63) is 33.8 Å². The van der Waals surface area contributed by atoms with Crippen LogP contribution < -0.4 is 11.5 Å². The Kier molecular flexibility index (Phi) is 3.09. The van der Waals surface area contributed by atoms with Crippen molar-refractivity contribution in [2.24, 2.45) is 11.5 Å². The molecule has 0 saturated carbocycles. The first-order valence-electron chi connectivity index (χ1n) is 3.87. The summed E-state index contributed by atoms with van der Waals surface area (Å²) in [6, 6.07) is 3.82. The van der Waals surface area contributed by atoms with Gasteiger partial charge >= 0.3 is 0 Å². The molecule has 0 fully saturated rings. The van der Waals surface area contributed by atoms with E-state index in [1.807, 2.05) is 19.1 Å². The fourth-order valence-corrected chi connectivity index (χ4v) is 1.54. The molecule has 0 heterocycles. The number of aryl methyl sites for hydroxylation is 1. The minimum absolute atomic E-state index is 0.451. The van der Waals surface area contributed by atoms with E-state index >= 15 is 0 Å². The van der Waals surface area contributed by atoms with Crippen molar-refractivity contribution >= 4 is 11.6 Å². The van der Waals surface area contributed by atoms with Gasteiger partial charge in [0.05, 0.1) is 0 Å². The van der Waals surface area contributed by atoms with E-state index in [1.54, 1.807) is 0 Å². The van der Waals surface area contributed by atoms with E-state index in [1.165, 1.54) is 0 Å². The van der Waals surface area contributed by atoms with E-state index in [0.717, 1.165) is 16.7 Å². The van der Waals surface area contributed by atoms with Gasteiger partial charge in [0.15, 0.2) is 0 Å². The van der Waals surface area contributed by atoms with E-state index in [2.05, 4.69) is 0 Å². The van der Waals surface area contributed by atoms with Gasteiger partial charge in [-0.25, -0.2) is 0 Å². The van der Waals surface area contributed by atoms with Crippen LogP contribution in [0.15, 0.2) is 12.1 Å². The zero-order chi connectivity index (χ0) is 9.14. The fraction of sp³-hybridized carbons (Fsp3) is 0.333. The molecule has 2 nitrogen and oxygen atoms in total. The van der Waals surface area contributed by atoms with Crippen molar-refractivity contribution in [2.45, 2.75) is 20.0 Å². The van der Waals surface area contributed by atoms with Crippen LogP contribution in [0.4, 0.5) is 0 Å². The third-order valence-electron chi connectivity index (χ3n) is 2.02. The Morgan fingerprint density at radius 1 is 1.17 bits per heavy atom. The molecule has 1 rings (SSSR count). The number of hydrogen-bond acceptors (Lipinski definition) is 2. The van der Waals surface area contributed by atoms with E-state index < -0.39 is 0 Å². The quantitative estimate of drug-likeness (QED) is 0.733. The maximum absolute atomic E-state index is 5.94. The summed E-state index contributed by atoms with van der Waals surface area (Å²) in [5.41, 5.74) is 14.3. The smallest absolute Gasteiger partial charge is 0.0454 e. The molecule has 0 radical (unpaired) electrons. The molecule has 0 bridgehead atoms. The number of benzene rings is 1. The van der Waals surface area contributed by atoms with Crippen LogP contribution in [0.25, 0.3) is 0 Å². The van der Waals surface area contributed by atoms with Crippen molar-refractivity contribution < 1.29 is 0 Å². The van der Waals surface area contributed by atoms with Crippen LogP contribution in [0.5, 0.6) is 0 Å². The summed E-state index contributed by atoms with van der Waals surface area (Å²) in [4.78, 5) is 0. The third-order valence-corrected chi connectivity index (χ3v) is 2.37. The molecule has 0 saturated heterocycles. The molecule has 66 valence electrons. The molecule has 12 heavy (non-hydrogen) atoms. The van der Waals surface area contributed by atoms with Crippen LogP contribution in [0.1, 0.15) is 16.7 Å². The highest BCUT2D eigenvalue weighted by molar-refractivity contribution is 6.31. The highest BCUT2D eigenvalue weighted by atomic mass is 35.5. The predicted octanol–water partition coefficient (Wildman–Crippen LogP) is 1.57. The Bertz CT molecular complexity index is 255. The van der Waals surface area contributed by atoms with Gasteiger partial charge < -0.3 is 11.5 Å². The summed E-state index contributed by atoms with van der Waals surface area (Å²) < 4.78 is 0. The zero-order valence-corrected chi connectivity index (χ0v) is 7.86. The summed E-state index contributed by atoms with van der Waals surface area (Å²) in [5.74, 6) is 0. The number of rotatable bonds is 2. The van der Waals surface area contributed by atoms with E-state index in [0.29, 0.717) is 18.1 Å². The number of hydrogen-bond donors (Lipinski definition) is 2. The first kappa shape index (κ1) is 9.52. The Labute approximate surface area is 77.5 Å². The molecule has 0 atom stereocenters. The maximum atomic E-state index is 5.94. The van der Waals surface area contributed by atoms with Crippen LogP contribution in [0.3, 0.4) is 0 Å². The standard InChI is InChI=1S/C9H13ClN2/c1-6-2-3-9(10)8(5-12)7(6)4-11/h2-3H,4-5,11-12H2,1H3. The highest BCUT2D eigenvalue weighted by Crippen LogP contribution is 2.22. The van der Waals surface area contributed by atoms with Crippen molar-refractivity contribution in [1.29, 1.82) is 0 Å². The van der Waals surface area contributed by atoms with Crippen LogP contribution >= 0.6 is 11.6 Å². The lowest BCUT2D eigenvalue weighted by Gasteiger charge is -2.10. The topological polar surface area (TPSA) is 52.0 Å². The fourth-order valence-electron chi connectivity index (χ4n) is 1.29. The van der Waals surface area contributed by atoms with Crippen molar-refractivity contribution in [3.63, 3.8) is 0 Å². The van der Waals surface area contributed by atoms with Crippen LogP contribution in [-0.2, 0) is 13.1 Å². The van der Waals surface area contributed by atoms with Crippen molar-refractivity contribution in [3.8, 4) is 0 Å². The van der Waals surface area contributed by atoms with Gasteiger partial charge in [-0.05, 0) is 29.7 Å². The minimum atomic E-state index is 0.451. The molecule has 0 amide bonds. The molecule has 0 aliphatic rings. The van der Waals surface area contributed by atoms with Gasteiger partial charge in [0, 0.05) is 18.1 Å². The third kappa shape index (κ3) is 1.61. The van der Waals surface area contributed by atoms with E-state index in [-0.39, 0.29) is 0 Å². The lowest BCUT2D eigenvalue weighted by Crippen LogP contribution is -2.08. The van der Waals surface area contributed by atoms with Gasteiger partial charge in [-0.1, -0.05) is 17.7 Å². The average Bonchev–Trinajstić information content (AvgIpc) is 2.08. The maximum Gasteiger partial charge on any atom is 0.0454 e. The molecule has 4 N–H and O–H groups in total. The van der Waals surface area contributed by atoms with Gasteiger partial charge in [-0.2, -0.15) is 0 Å².